The molecule has 0 spiro atoms. The van der Waals surface area contributed by atoms with Gasteiger partial charge in [0.05, 0.1) is 25.7 Å². The largest absolute Gasteiger partial charge is 0.378 e. The van der Waals surface area contributed by atoms with Gasteiger partial charge in [0.25, 0.3) is 0 Å². The van der Waals surface area contributed by atoms with Crippen molar-refractivity contribution < 1.29 is 9.53 Å². The highest BCUT2D eigenvalue weighted by atomic mass is 16.5. The molecule has 1 aromatic rings. The van der Waals surface area contributed by atoms with Gasteiger partial charge in [0.2, 0.25) is 0 Å². The lowest BCUT2D eigenvalue weighted by molar-refractivity contribution is 0.0997. The first-order valence-corrected chi connectivity index (χ1v) is 5.64. The van der Waals surface area contributed by atoms with Crippen molar-refractivity contribution in [2.75, 3.05) is 31.2 Å². The van der Waals surface area contributed by atoms with Crippen LogP contribution in [0.15, 0.2) is 24.3 Å². The highest BCUT2D eigenvalue weighted by molar-refractivity contribution is 5.98. The molecule has 0 saturated carbocycles. The van der Waals surface area contributed by atoms with Crippen LogP contribution in [0, 0.1) is 11.3 Å². The zero-order valence-electron chi connectivity index (χ0n) is 9.56. The number of ether oxygens (including phenoxy) is 1. The predicted molar refractivity (Wildman–Crippen MR) is 64.0 cm³/mol. The average molecular weight is 230 g/mol. The number of carbonyl (C=O) groups is 1. The molecule has 1 fully saturated rings. The molecule has 1 heterocycles. The van der Waals surface area contributed by atoms with Crippen molar-refractivity contribution >= 4 is 11.5 Å². The summed E-state index contributed by atoms with van der Waals surface area (Å²) in [7, 11) is 0. The van der Waals surface area contributed by atoms with Crippen LogP contribution in [0.4, 0.5) is 5.69 Å². The van der Waals surface area contributed by atoms with Crippen LogP contribution in [0.2, 0.25) is 0 Å². The molecule has 88 valence electrons. The van der Waals surface area contributed by atoms with E-state index in [1.807, 2.05) is 24.3 Å². The average Bonchev–Trinajstić information content (AvgIpc) is 2.40. The summed E-state index contributed by atoms with van der Waals surface area (Å²) in [5.41, 5.74) is 1.63. The van der Waals surface area contributed by atoms with Gasteiger partial charge in [-0.2, -0.15) is 5.26 Å². The molecule has 1 aliphatic heterocycles. The maximum Gasteiger partial charge on any atom is 0.176 e. The molecule has 17 heavy (non-hydrogen) atoms. The maximum absolute atomic E-state index is 11.6. The van der Waals surface area contributed by atoms with Crippen molar-refractivity contribution in [3.05, 3.63) is 29.8 Å². The molecule has 0 amide bonds. The molecule has 0 unspecified atom stereocenters. The predicted octanol–water partition coefficient (Wildman–Crippen LogP) is 1.62. The first-order chi connectivity index (χ1) is 8.31. The summed E-state index contributed by atoms with van der Waals surface area (Å²) < 4.78 is 5.29. The van der Waals surface area contributed by atoms with E-state index in [-0.39, 0.29) is 12.2 Å². The SMILES string of the molecule is N#CCC(=O)c1cccc(N2CCOCC2)c1. The zero-order valence-corrected chi connectivity index (χ0v) is 9.56. The first-order valence-electron chi connectivity index (χ1n) is 5.64. The Morgan fingerprint density at radius 3 is 2.88 bits per heavy atom. The Balaban J connectivity index is 2.16. The monoisotopic (exact) mass is 230 g/mol. The lowest BCUT2D eigenvalue weighted by Crippen LogP contribution is -2.36. The zero-order chi connectivity index (χ0) is 12.1. The highest BCUT2D eigenvalue weighted by Gasteiger charge is 2.13. The molecular formula is C13H14N2O2. The number of hydrogen-bond acceptors (Lipinski definition) is 4. The van der Waals surface area contributed by atoms with Gasteiger partial charge < -0.3 is 9.64 Å². The van der Waals surface area contributed by atoms with E-state index in [0.29, 0.717) is 5.56 Å². The van der Waals surface area contributed by atoms with Gasteiger partial charge >= 0.3 is 0 Å². The number of hydrogen-bond donors (Lipinski definition) is 0. The minimum atomic E-state index is -0.123. The minimum absolute atomic E-state index is 0.0629. The van der Waals surface area contributed by atoms with Crippen molar-refractivity contribution in [3.8, 4) is 6.07 Å². The number of ketones is 1. The summed E-state index contributed by atoms with van der Waals surface area (Å²) >= 11 is 0. The van der Waals surface area contributed by atoms with Gasteiger partial charge in [-0.05, 0) is 12.1 Å². The summed E-state index contributed by atoms with van der Waals surface area (Å²) in [6.07, 6.45) is -0.0629. The molecule has 1 aromatic carbocycles. The Kier molecular flexibility index (Phi) is 3.73. The normalized spacial score (nSPS) is 15.4. The first kappa shape index (κ1) is 11.6. The van der Waals surface area contributed by atoms with Gasteiger partial charge in [0.1, 0.15) is 0 Å². The summed E-state index contributed by atoms with van der Waals surface area (Å²) in [6, 6.07) is 9.32. The van der Waals surface area contributed by atoms with E-state index in [1.54, 1.807) is 6.07 Å². The molecule has 0 N–H and O–H groups in total. The van der Waals surface area contributed by atoms with Crippen LogP contribution in [0.25, 0.3) is 0 Å². The van der Waals surface area contributed by atoms with Crippen molar-refractivity contribution in [3.63, 3.8) is 0 Å². The Labute approximate surface area is 100 Å². The van der Waals surface area contributed by atoms with Gasteiger partial charge in [-0.3, -0.25) is 4.79 Å². The van der Waals surface area contributed by atoms with Gasteiger partial charge in [-0.1, -0.05) is 12.1 Å². The van der Waals surface area contributed by atoms with E-state index >= 15 is 0 Å². The van der Waals surface area contributed by atoms with E-state index in [2.05, 4.69) is 4.90 Å². The topological polar surface area (TPSA) is 53.3 Å². The summed E-state index contributed by atoms with van der Waals surface area (Å²) in [5.74, 6) is -0.123. The van der Waals surface area contributed by atoms with Gasteiger partial charge in [-0.25, -0.2) is 0 Å². The Bertz CT molecular complexity index is 445. The lowest BCUT2D eigenvalue weighted by Gasteiger charge is -2.29. The van der Waals surface area contributed by atoms with E-state index < -0.39 is 0 Å². The molecular weight excluding hydrogens is 216 g/mol. The van der Waals surface area contributed by atoms with Crippen LogP contribution in [0.1, 0.15) is 16.8 Å². The molecule has 0 atom stereocenters. The fourth-order valence-electron chi connectivity index (χ4n) is 1.87. The molecule has 1 saturated heterocycles. The van der Waals surface area contributed by atoms with Crippen LogP contribution in [0.5, 0.6) is 0 Å². The molecule has 2 rings (SSSR count). The lowest BCUT2D eigenvalue weighted by atomic mass is 10.1. The van der Waals surface area contributed by atoms with Crippen LogP contribution >= 0.6 is 0 Å². The molecule has 0 aliphatic carbocycles. The maximum atomic E-state index is 11.6. The van der Waals surface area contributed by atoms with Crippen LogP contribution < -0.4 is 4.90 Å². The van der Waals surface area contributed by atoms with Crippen LogP contribution in [0.3, 0.4) is 0 Å². The number of rotatable bonds is 3. The molecule has 4 heteroatoms. The standard InChI is InChI=1S/C13H14N2O2/c14-5-4-13(16)11-2-1-3-12(10-11)15-6-8-17-9-7-15/h1-3,10H,4,6-9H2. The third-order valence-corrected chi connectivity index (χ3v) is 2.78. The molecule has 0 radical (unpaired) electrons. The van der Waals surface area contributed by atoms with E-state index in [4.69, 9.17) is 10.00 Å². The number of carbonyl (C=O) groups excluding carboxylic acids is 1. The van der Waals surface area contributed by atoms with E-state index in [9.17, 15) is 4.79 Å². The van der Waals surface area contributed by atoms with Gasteiger partial charge in [0.15, 0.2) is 5.78 Å². The second kappa shape index (κ2) is 5.46. The number of nitrogens with zero attached hydrogens (tertiary/aromatic N) is 2. The molecule has 4 nitrogen and oxygen atoms in total. The Morgan fingerprint density at radius 2 is 2.18 bits per heavy atom. The van der Waals surface area contributed by atoms with Crippen molar-refractivity contribution in [2.24, 2.45) is 0 Å². The van der Waals surface area contributed by atoms with Crippen LogP contribution in [-0.4, -0.2) is 32.1 Å². The van der Waals surface area contributed by atoms with Crippen molar-refractivity contribution in [1.82, 2.24) is 0 Å². The quantitative estimate of drug-likeness (QED) is 0.740. The summed E-state index contributed by atoms with van der Waals surface area (Å²) in [6.45, 7) is 3.12. The Morgan fingerprint density at radius 1 is 1.41 bits per heavy atom. The van der Waals surface area contributed by atoms with E-state index in [1.165, 1.54) is 0 Å². The second-order valence-electron chi connectivity index (χ2n) is 3.91. The third-order valence-electron chi connectivity index (χ3n) is 2.78. The number of morpholine rings is 1. The van der Waals surface area contributed by atoms with Crippen molar-refractivity contribution in [2.45, 2.75) is 6.42 Å². The van der Waals surface area contributed by atoms with Crippen LogP contribution in [-0.2, 0) is 4.74 Å². The number of nitriles is 1. The second-order valence-corrected chi connectivity index (χ2v) is 3.91. The van der Waals surface area contributed by atoms with E-state index in [0.717, 1.165) is 32.0 Å². The number of anilines is 1. The smallest absolute Gasteiger partial charge is 0.176 e. The van der Waals surface area contributed by atoms with Gasteiger partial charge in [0, 0.05) is 24.3 Å². The highest BCUT2D eigenvalue weighted by Crippen LogP contribution is 2.18. The van der Waals surface area contributed by atoms with Crippen molar-refractivity contribution in [1.29, 1.82) is 5.26 Å². The molecule has 1 aliphatic rings. The molecule has 0 aromatic heterocycles. The fourth-order valence-corrected chi connectivity index (χ4v) is 1.87. The Hall–Kier alpha value is -1.86. The third kappa shape index (κ3) is 2.83. The number of benzene rings is 1. The molecule has 0 bridgehead atoms. The summed E-state index contributed by atoms with van der Waals surface area (Å²) in [5, 5.41) is 8.52. The number of Topliss-reactive ketones (excluding diaryl/α,β-unsaturated/α-hetero) is 1. The van der Waals surface area contributed by atoms with Gasteiger partial charge in [-0.15, -0.1) is 0 Å². The minimum Gasteiger partial charge on any atom is -0.378 e. The summed E-state index contributed by atoms with van der Waals surface area (Å²) in [4.78, 5) is 13.8. The fraction of sp³-hybridized carbons (Fsp3) is 0.385.